The van der Waals surface area contributed by atoms with Crippen LogP contribution in [0.4, 0.5) is 5.69 Å². The zero-order valence-electron chi connectivity index (χ0n) is 19.4. The van der Waals surface area contributed by atoms with Gasteiger partial charge < -0.3 is 9.47 Å². The van der Waals surface area contributed by atoms with Crippen LogP contribution >= 0.6 is 12.4 Å². The summed E-state index contributed by atoms with van der Waals surface area (Å²) in [6.45, 7) is 6.99. The Bertz CT molecular complexity index is 1290. The standard InChI is InChI=1S/C25H29N3O3.ClH/c1-15(2)18-9-7-8-16(3)24(18)26-23-14-20-19-13-22(31-6)21(30-5)12-17(19)10-11-28(20)25(29)27(23)4;/h7-9,12-15H,10-11H2,1-6H3;1H. The van der Waals surface area contributed by atoms with Crippen LogP contribution in [0.5, 0.6) is 11.5 Å². The van der Waals surface area contributed by atoms with Gasteiger partial charge in [-0.2, -0.15) is 0 Å². The first-order valence-corrected chi connectivity index (χ1v) is 10.6. The smallest absolute Gasteiger partial charge is 0.329 e. The van der Waals surface area contributed by atoms with Crippen LogP contribution in [-0.2, 0) is 20.0 Å². The van der Waals surface area contributed by atoms with E-state index >= 15 is 0 Å². The number of halogens is 1. The maximum atomic E-state index is 13.2. The Kier molecular flexibility index (Phi) is 6.84. The zero-order valence-corrected chi connectivity index (χ0v) is 20.2. The Labute approximate surface area is 194 Å². The molecule has 0 saturated carbocycles. The fraction of sp³-hybridized carbons (Fsp3) is 0.360. The molecule has 0 amide bonds. The topological polar surface area (TPSA) is 57.8 Å². The van der Waals surface area contributed by atoms with Crippen LogP contribution in [0.3, 0.4) is 0 Å². The lowest BCUT2D eigenvalue weighted by atomic mass is 9.96. The molecular weight excluding hydrogens is 426 g/mol. The number of hydrogen-bond acceptors (Lipinski definition) is 4. The van der Waals surface area contributed by atoms with Gasteiger partial charge in [0.2, 0.25) is 0 Å². The molecule has 0 unspecified atom stereocenters. The predicted molar refractivity (Wildman–Crippen MR) is 130 cm³/mol. The molecule has 3 aromatic rings. The van der Waals surface area contributed by atoms with Gasteiger partial charge >= 0.3 is 5.69 Å². The molecule has 0 bridgehead atoms. The average Bonchev–Trinajstić information content (AvgIpc) is 2.76. The summed E-state index contributed by atoms with van der Waals surface area (Å²) in [5, 5.41) is 0. The summed E-state index contributed by atoms with van der Waals surface area (Å²) in [6, 6.07) is 12.2. The molecule has 2 aromatic carbocycles. The van der Waals surface area contributed by atoms with Crippen LogP contribution in [0, 0.1) is 6.92 Å². The first-order valence-electron chi connectivity index (χ1n) is 10.6. The number of aromatic nitrogens is 2. The third-order valence-corrected chi connectivity index (χ3v) is 6.03. The van der Waals surface area contributed by atoms with Gasteiger partial charge in [-0.25, -0.2) is 9.79 Å². The van der Waals surface area contributed by atoms with Crippen LogP contribution in [-0.4, -0.2) is 23.4 Å². The van der Waals surface area contributed by atoms with Crippen molar-refractivity contribution in [1.29, 1.82) is 0 Å². The van der Waals surface area contributed by atoms with Crippen molar-refractivity contribution in [2.75, 3.05) is 14.2 Å². The largest absolute Gasteiger partial charge is 0.493 e. The molecule has 0 aliphatic carbocycles. The Morgan fingerprint density at radius 1 is 1.06 bits per heavy atom. The Morgan fingerprint density at radius 3 is 2.41 bits per heavy atom. The van der Waals surface area contributed by atoms with Crippen LogP contribution < -0.4 is 20.7 Å². The zero-order chi connectivity index (χ0) is 22.3. The van der Waals surface area contributed by atoms with Crippen molar-refractivity contribution < 1.29 is 9.47 Å². The van der Waals surface area contributed by atoms with E-state index in [0.29, 0.717) is 29.4 Å². The van der Waals surface area contributed by atoms with E-state index in [1.165, 1.54) is 5.56 Å². The number of methoxy groups -OCH3 is 2. The maximum absolute atomic E-state index is 13.2. The van der Waals surface area contributed by atoms with Crippen molar-refractivity contribution in [3.8, 4) is 22.8 Å². The quantitative estimate of drug-likeness (QED) is 0.581. The predicted octanol–water partition coefficient (Wildman–Crippen LogP) is 4.51. The number of para-hydroxylation sites is 1. The van der Waals surface area contributed by atoms with Crippen molar-refractivity contribution in [2.45, 2.75) is 39.7 Å². The van der Waals surface area contributed by atoms with Gasteiger partial charge in [-0.15, -0.1) is 12.4 Å². The Balaban J connectivity index is 0.00000289. The summed E-state index contributed by atoms with van der Waals surface area (Å²) < 4.78 is 14.4. The molecule has 1 aromatic heterocycles. The van der Waals surface area contributed by atoms with E-state index in [4.69, 9.17) is 14.5 Å². The lowest BCUT2D eigenvalue weighted by Gasteiger charge is -2.24. The second-order valence-electron chi connectivity index (χ2n) is 8.27. The number of rotatable bonds is 4. The van der Waals surface area contributed by atoms with Gasteiger partial charge in [0.25, 0.3) is 0 Å². The summed E-state index contributed by atoms with van der Waals surface area (Å²) >= 11 is 0. The van der Waals surface area contributed by atoms with Crippen molar-refractivity contribution in [1.82, 2.24) is 9.13 Å². The highest BCUT2D eigenvalue weighted by Gasteiger charge is 2.21. The highest BCUT2D eigenvalue weighted by atomic mass is 35.5. The van der Waals surface area contributed by atoms with Crippen LogP contribution in [0.2, 0.25) is 0 Å². The minimum atomic E-state index is -0.0728. The molecule has 1 aliphatic rings. The Hall–Kier alpha value is -2.99. The molecule has 0 atom stereocenters. The fourth-order valence-electron chi connectivity index (χ4n) is 4.24. The SMILES string of the molecule is COc1cc2c(cc1OC)-c1cc(=Nc3c(C)cccc3C(C)C)n(C)c(=O)n1CC2.Cl. The Morgan fingerprint density at radius 2 is 1.75 bits per heavy atom. The molecule has 0 fully saturated rings. The molecule has 2 heterocycles. The molecule has 4 rings (SSSR count). The lowest BCUT2D eigenvalue weighted by molar-refractivity contribution is 0.354. The minimum Gasteiger partial charge on any atom is -0.493 e. The van der Waals surface area contributed by atoms with E-state index < -0.39 is 0 Å². The number of nitrogens with zero attached hydrogens (tertiary/aromatic N) is 3. The summed E-state index contributed by atoms with van der Waals surface area (Å²) in [4.78, 5) is 18.2. The van der Waals surface area contributed by atoms with Crippen molar-refractivity contribution in [3.63, 3.8) is 0 Å². The van der Waals surface area contributed by atoms with E-state index in [1.54, 1.807) is 25.8 Å². The van der Waals surface area contributed by atoms with Gasteiger partial charge in [0.05, 0.1) is 25.6 Å². The van der Waals surface area contributed by atoms with Gasteiger partial charge in [-0.1, -0.05) is 32.0 Å². The van der Waals surface area contributed by atoms with E-state index in [2.05, 4.69) is 39.0 Å². The molecule has 0 N–H and O–H groups in total. The number of hydrogen-bond donors (Lipinski definition) is 0. The first-order chi connectivity index (χ1) is 14.8. The molecular formula is C25H30ClN3O3. The highest BCUT2D eigenvalue weighted by Crippen LogP contribution is 2.37. The van der Waals surface area contributed by atoms with E-state index in [9.17, 15) is 4.79 Å². The molecule has 170 valence electrons. The summed E-state index contributed by atoms with van der Waals surface area (Å²) in [7, 11) is 5.04. The van der Waals surface area contributed by atoms with Crippen molar-refractivity contribution in [3.05, 3.63) is 69.1 Å². The average molecular weight is 456 g/mol. The van der Waals surface area contributed by atoms with Crippen LogP contribution in [0.1, 0.15) is 36.5 Å². The third kappa shape index (κ3) is 3.95. The summed E-state index contributed by atoms with van der Waals surface area (Å²) in [6.07, 6.45) is 0.758. The summed E-state index contributed by atoms with van der Waals surface area (Å²) in [5.74, 6) is 1.68. The maximum Gasteiger partial charge on any atom is 0.329 e. The number of aryl methyl sites for hydroxylation is 2. The molecule has 0 radical (unpaired) electrons. The van der Waals surface area contributed by atoms with Gasteiger partial charge in [-0.3, -0.25) is 9.13 Å². The molecule has 6 nitrogen and oxygen atoms in total. The molecule has 0 spiro atoms. The number of fused-ring (bicyclic) bond motifs is 3. The van der Waals surface area contributed by atoms with Crippen LogP contribution in [0.25, 0.3) is 11.3 Å². The number of benzene rings is 2. The molecule has 32 heavy (non-hydrogen) atoms. The fourth-order valence-corrected chi connectivity index (χ4v) is 4.24. The first kappa shape index (κ1) is 23.7. The third-order valence-electron chi connectivity index (χ3n) is 6.03. The van der Waals surface area contributed by atoms with Crippen LogP contribution in [0.15, 0.2) is 46.2 Å². The second-order valence-corrected chi connectivity index (χ2v) is 8.27. The monoisotopic (exact) mass is 455 g/mol. The minimum absolute atomic E-state index is 0. The van der Waals surface area contributed by atoms with Crippen molar-refractivity contribution >= 4 is 18.1 Å². The van der Waals surface area contributed by atoms with E-state index in [-0.39, 0.29) is 18.1 Å². The van der Waals surface area contributed by atoms with Gasteiger partial charge in [0.15, 0.2) is 11.5 Å². The van der Waals surface area contributed by atoms with E-state index in [1.807, 2.05) is 22.8 Å². The lowest BCUT2D eigenvalue weighted by Crippen LogP contribution is -2.40. The van der Waals surface area contributed by atoms with Gasteiger partial charge in [0, 0.05) is 25.2 Å². The second kappa shape index (κ2) is 9.25. The van der Waals surface area contributed by atoms with Gasteiger partial charge in [0.1, 0.15) is 5.49 Å². The normalized spacial score (nSPS) is 12.8. The number of ether oxygens (including phenoxy) is 2. The molecule has 1 aliphatic heterocycles. The molecule has 7 heteroatoms. The van der Waals surface area contributed by atoms with E-state index in [0.717, 1.165) is 34.5 Å². The molecule has 0 saturated heterocycles. The summed E-state index contributed by atoms with van der Waals surface area (Å²) in [5.41, 5.74) is 6.72. The van der Waals surface area contributed by atoms with Gasteiger partial charge in [-0.05, 0) is 48.1 Å². The van der Waals surface area contributed by atoms with Crippen molar-refractivity contribution in [2.24, 2.45) is 12.0 Å². The highest BCUT2D eigenvalue weighted by molar-refractivity contribution is 5.85.